The molecule has 3 unspecified atom stereocenters. The van der Waals surface area contributed by atoms with Crippen molar-refractivity contribution in [1.82, 2.24) is 5.32 Å². The normalized spacial score (nSPS) is 14.1. The SMILES string of the molecule is CCCCCC/C=C\CCCCCCCC(=O)OCC(O)COP(=O)(O)OCC(NC(=O)CCCCCCC/C=C\CCCCCCC)C(=O)O. The van der Waals surface area contributed by atoms with Gasteiger partial charge in [-0.25, -0.2) is 9.36 Å². The number of hydrogen-bond acceptors (Lipinski definition) is 8. The van der Waals surface area contributed by atoms with E-state index in [1.165, 1.54) is 57.8 Å². The second-order valence-electron chi connectivity index (χ2n) is 13.5. The summed E-state index contributed by atoms with van der Waals surface area (Å²) >= 11 is 0. The van der Waals surface area contributed by atoms with Crippen LogP contribution in [0.5, 0.6) is 0 Å². The van der Waals surface area contributed by atoms with Gasteiger partial charge < -0.3 is 25.2 Å². The molecule has 0 rings (SSSR count). The van der Waals surface area contributed by atoms with Crippen LogP contribution in [0.15, 0.2) is 24.3 Å². The molecule has 0 aliphatic heterocycles. The number of esters is 1. The zero-order chi connectivity index (χ0) is 37.8. The number of amides is 1. The van der Waals surface area contributed by atoms with Crippen LogP contribution in [0.3, 0.4) is 0 Å². The standard InChI is InChI=1S/C39H72NO10P/c1-3-5-7-9-11-13-15-17-19-20-22-24-26-28-30-37(42)40-36(39(44)45)34-50-51(46,47)49-33-35(41)32-48-38(43)31-29-27-25-23-21-18-16-14-12-10-8-6-4-2/h14-17,35-36,41H,3-13,18-34H2,1-2H3,(H,40,42)(H,44,45)(H,46,47)/b16-14-,17-15-. The van der Waals surface area contributed by atoms with Gasteiger partial charge in [-0.05, 0) is 64.2 Å². The number of phosphoric ester groups is 1. The second-order valence-corrected chi connectivity index (χ2v) is 14.9. The first-order valence-corrected chi connectivity index (χ1v) is 21.4. The van der Waals surface area contributed by atoms with E-state index in [1.54, 1.807) is 0 Å². The van der Waals surface area contributed by atoms with Crippen molar-refractivity contribution < 1.29 is 47.8 Å². The fourth-order valence-corrected chi connectivity index (χ4v) is 6.08. The van der Waals surface area contributed by atoms with E-state index in [-0.39, 0.29) is 12.8 Å². The van der Waals surface area contributed by atoms with Crippen molar-refractivity contribution in [2.24, 2.45) is 0 Å². The van der Waals surface area contributed by atoms with Gasteiger partial charge in [0.1, 0.15) is 12.7 Å². The van der Waals surface area contributed by atoms with Crippen molar-refractivity contribution in [1.29, 1.82) is 0 Å². The summed E-state index contributed by atoms with van der Waals surface area (Å²) in [6.45, 7) is 2.53. The van der Waals surface area contributed by atoms with E-state index in [1.807, 2.05) is 0 Å². The lowest BCUT2D eigenvalue weighted by Gasteiger charge is -2.18. The number of carboxylic acid groups (broad SMARTS) is 1. The minimum absolute atomic E-state index is 0.136. The summed E-state index contributed by atoms with van der Waals surface area (Å²) in [4.78, 5) is 45.7. The average Bonchev–Trinajstić information content (AvgIpc) is 3.10. The van der Waals surface area contributed by atoms with Crippen LogP contribution >= 0.6 is 7.82 Å². The van der Waals surface area contributed by atoms with E-state index >= 15 is 0 Å². The lowest BCUT2D eigenvalue weighted by Crippen LogP contribution is -2.43. The van der Waals surface area contributed by atoms with Crippen LogP contribution in [0.4, 0.5) is 0 Å². The van der Waals surface area contributed by atoms with Crippen molar-refractivity contribution in [2.75, 3.05) is 19.8 Å². The Hall–Kier alpha value is -2.04. The zero-order valence-electron chi connectivity index (χ0n) is 31.9. The van der Waals surface area contributed by atoms with Gasteiger partial charge >= 0.3 is 19.8 Å². The molecule has 0 saturated carbocycles. The number of allylic oxidation sites excluding steroid dienone is 4. The lowest BCUT2D eigenvalue weighted by molar-refractivity contribution is -0.147. The van der Waals surface area contributed by atoms with Crippen molar-refractivity contribution in [3.8, 4) is 0 Å². The number of rotatable bonds is 37. The van der Waals surface area contributed by atoms with Crippen LogP contribution in [-0.2, 0) is 32.7 Å². The Morgan fingerprint density at radius 3 is 1.51 bits per heavy atom. The molecule has 51 heavy (non-hydrogen) atoms. The summed E-state index contributed by atoms with van der Waals surface area (Å²) in [5.41, 5.74) is 0. The van der Waals surface area contributed by atoms with Gasteiger partial charge in [0.25, 0.3) is 0 Å². The van der Waals surface area contributed by atoms with Crippen LogP contribution in [0.25, 0.3) is 0 Å². The number of aliphatic carboxylic acids is 1. The van der Waals surface area contributed by atoms with Gasteiger partial charge in [0.15, 0.2) is 6.04 Å². The van der Waals surface area contributed by atoms with Crippen molar-refractivity contribution in [3.63, 3.8) is 0 Å². The molecule has 3 atom stereocenters. The fraction of sp³-hybridized carbons (Fsp3) is 0.821. The molecule has 0 radical (unpaired) electrons. The van der Waals surface area contributed by atoms with Crippen molar-refractivity contribution in [2.45, 2.75) is 187 Å². The molecule has 0 aromatic heterocycles. The first-order valence-electron chi connectivity index (χ1n) is 19.9. The van der Waals surface area contributed by atoms with Gasteiger partial charge in [-0.1, -0.05) is 122 Å². The summed E-state index contributed by atoms with van der Waals surface area (Å²) in [7, 11) is -4.75. The molecule has 0 aromatic carbocycles. The number of aliphatic hydroxyl groups excluding tert-OH is 1. The van der Waals surface area contributed by atoms with E-state index < -0.39 is 57.6 Å². The summed E-state index contributed by atoms with van der Waals surface area (Å²) in [5.74, 6) is -2.39. The Morgan fingerprint density at radius 2 is 1.02 bits per heavy atom. The Balaban J connectivity index is 3.97. The predicted molar refractivity (Wildman–Crippen MR) is 203 cm³/mol. The van der Waals surface area contributed by atoms with Crippen molar-refractivity contribution in [3.05, 3.63) is 24.3 Å². The highest BCUT2D eigenvalue weighted by Crippen LogP contribution is 2.43. The highest BCUT2D eigenvalue weighted by Gasteiger charge is 2.28. The minimum Gasteiger partial charge on any atom is -0.480 e. The minimum atomic E-state index is -4.75. The zero-order valence-corrected chi connectivity index (χ0v) is 32.8. The van der Waals surface area contributed by atoms with E-state index in [0.29, 0.717) is 12.8 Å². The Labute approximate surface area is 309 Å². The van der Waals surface area contributed by atoms with Gasteiger partial charge in [0.2, 0.25) is 5.91 Å². The summed E-state index contributed by atoms with van der Waals surface area (Å²) < 4.78 is 26.7. The molecule has 1 amide bonds. The molecule has 0 bridgehead atoms. The summed E-state index contributed by atoms with van der Waals surface area (Å²) in [6.07, 6.45) is 33.5. The molecule has 4 N–H and O–H groups in total. The molecular weight excluding hydrogens is 673 g/mol. The first kappa shape index (κ1) is 49.0. The van der Waals surface area contributed by atoms with Gasteiger partial charge in [0.05, 0.1) is 13.2 Å². The van der Waals surface area contributed by atoms with Crippen LogP contribution in [0.2, 0.25) is 0 Å². The summed E-state index contributed by atoms with van der Waals surface area (Å²) in [6, 6.07) is -1.55. The molecule has 0 heterocycles. The van der Waals surface area contributed by atoms with Gasteiger partial charge in [-0.3, -0.25) is 18.6 Å². The van der Waals surface area contributed by atoms with Crippen LogP contribution in [-0.4, -0.2) is 64.9 Å². The quantitative estimate of drug-likeness (QED) is 0.0208. The van der Waals surface area contributed by atoms with Gasteiger partial charge in [-0.2, -0.15) is 0 Å². The highest BCUT2D eigenvalue weighted by atomic mass is 31.2. The molecule has 0 spiro atoms. The molecule has 0 aliphatic carbocycles. The Kier molecular flexibility index (Phi) is 33.6. The molecular formula is C39H72NO10P. The maximum absolute atomic E-state index is 12.3. The third kappa shape index (κ3) is 34.8. The average molecular weight is 746 g/mol. The molecule has 0 fully saturated rings. The molecule has 0 aliphatic rings. The van der Waals surface area contributed by atoms with Crippen molar-refractivity contribution >= 4 is 25.7 Å². The number of aliphatic hydroxyl groups is 1. The Bertz CT molecular complexity index is 974. The number of ether oxygens (including phenoxy) is 1. The molecule has 0 saturated heterocycles. The third-order valence-electron chi connectivity index (χ3n) is 8.46. The number of carbonyl (C=O) groups excluding carboxylic acids is 2. The maximum atomic E-state index is 12.3. The predicted octanol–water partition coefficient (Wildman–Crippen LogP) is 9.50. The number of phosphoric acid groups is 1. The fourth-order valence-electron chi connectivity index (χ4n) is 5.30. The van der Waals surface area contributed by atoms with Crippen LogP contribution in [0, 0.1) is 0 Å². The van der Waals surface area contributed by atoms with E-state index in [2.05, 4.69) is 43.5 Å². The van der Waals surface area contributed by atoms with Gasteiger partial charge in [0, 0.05) is 12.8 Å². The molecule has 0 aromatic rings. The largest absolute Gasteiger partial charge is 0.480 e. The van der Waals surface area contributed by atoms with Gasteiger partial charge in [-0.15, -0.1) is 0 Å². The topological polar surface area (TPSA) is 169 Å². The first-order chi connectivity index (χ1) is 24.6. The number of carbonyl (C=O) groups is 3. The number of nitrogens with one attached hydrogen (secondary N) is 1. The number of hydrogen-bond donors (Lipinski definition) is 4. The number of unbranched alkanes of at least 4 members (excludes halogenated alkanes) is 19. The van der Waals surface area contributed by atoms with Crippen LogP contribution in [0.1, 0.15) is 174 Å². The van der Waals surface area contributed by atoms with E-state index in [0.717, 1.165) is 77.0 Å². The molecule has 11 nitrogen and oxygen atoms in total. The second kappa shape index (κ2) is 35.0. The van der Waals surface area contributed by atoms with E-state index in [4.69, 9.17) is 13.8 Å². The highest BCUT2D eigenvalue weighted by molar-refractivity contribution is 7.47. The van der Waals surface area contributed by atoms with Crippen LogP contribution < -0.4 is 5.32 Å². The molecule has 12 heteroatoms. The van der Waals surface area contributed by atoms with E-state index in [9.17, 15) is 34.1 Å². The monoisotopic (exact) mass is 745 g/mol. The Morgan fingerprint density at radius 1 is 0.608 bits per heavy atom. The smallest absolute Gasteiger partial charge is 0.472 e. The maximum Gasteiger partial charge on any atom is 0.472 e. The number of carboxylic acids is 1. The lowest BCUT2D eigenvalue weighted by atomic mass is 10.1. The summed E-state index contributed by atoms with van der Waals surface area (Å²) in [5, 5.41) is 21.7. The third-order valence-corrected chi connectivity index (χ3v) is 9.41. The molecule has 298 valence electrons.